The molecule has 156 valence electrons. The van der Waals surface area contributed by atoms with E-state index >= 15 is 0 Å². The molecule has 1 fully saturated rings. The minimum Gasteiger partial charge on any atom is -0.379 e. The molecule has 30 heavy (non-hydrogen) atoms. The number of tetrazole rings is 1. The number of morpholine rings is 1. The minimum absolute atomic E-state index is 0.00963. The summed E-state index contributed by atoms with van der Waals surface area (Å²) in [6.07, 6.45) is 0. The third kappa shape index (κ3) is 5.63. The number of nitrogens with one attached hydrogen (secondary N) is 1. The Morgan fingerprint density at radius 1 is 1.03 bits per heavy atom. The van der Waals surface area contributed by atoms with E-state index in [1.165, 1.54) is 10.4 Å². The lowest BCUT2D eigenvalue weighted by Crippen LogP contribution is -2.35. The molecule has 1 N–H and O–H groups in total. The van der Waals surface area contributed by atoms with Gasteiger partial charge in [-0.15, -0.1) is 10.2 Å². The van der Waals surface area contributed by atoms with Gasteiger partial charge in [0.05, 0.1) is 13.2 Å². The Bertz CT molecular complexity index is 968. The van der Waals surface area contributed by atoms with E-state index in [0.29, 0.717) is 17.4 Å². The largest absolute Gasteiger partial charge is 0.379 e. The zero-order valence-electron chi connectivity index (χ0n) is 16.5. The number of aromatic nitrogens is 4. The molecule has 0 atom stereocenters. The van der Waals surface area contributed by atoms with E-state index in [1.54, 1.807) is 12.1 Å². The number of carbonyl (C=O) groups is 1. The van der Waals surface area contributed by atoms with Gasteiger partial charge in [-0.2, -0.15) is 4.80 Å². The normalized spacial score (nSPS) is 14.6. The Labute approximate surface area is 179 Å². The molecule has 2 heterocycles. The van der Waals surface area contributed by atoms with Crippen LogP contribution in [0.4, 0.5) is 0 Å². The SMILES string of the molecule is O=C(Cn1nnc(-c2ccc(Cl)cc2)n1)NCc1ccc(CN2CCOCC2)cc1. The summed E-state index contributed by atoms with van der Waals surface area (Å²) < 4.78 is 5.38. The Morgan fingerprint density at radius 2 is 1.73 bits per heavy atom. The van der Waals surface area contributed by atoms with Gasteiger partial charge in [-0.1, -0.05) is 35.9 Å². The Balaban J connectivity index is 1.25. The molecule has 3 aromatic rings. The van der Waals surface area contributed by atoms with Gasteiger partial charge in [0.1, 0.15) is 6.54 Å². The predicted molar refractivity (Wildman–Crippen MR) is 113 cm³/mol. The van der Waals surface area contributed by atoms with E-state index in [9.17, 15) is 4.79 Å². The van der Waals surface area contributed by atoms with Crippen LogP contribution >= 0.6 is 11.6 Å². The van der Waals surface area contributed by atoms with Crippen LogP contribution in [0, 0.1) is 0 Å². The molecule has 1 aliphatic rings. The Morgan fingerprint density at radius 3 is 2.47 bits per heavy atom. The average molecular weight is 427 g/mol. The quantitative estimate of drug-likeness (QED) is 0.623. The van der Waals surface area contributed by atoms with Crippen molar-refractivity contribution in [2.24, 2.45) is 0 Å². The van der Waals surface area contributed by atoms with Gasteiger partial charge in [0.15, 0.2) is 0 Å². The highest BCUT2D eigenvalue weighted by atomic mass is 35.5. The van der Waals surface area contributed by atoms with Crippen molar-refractivity contribution in [2.75, 3.05) is 26.3 Å². The average Bonchev–Trinajstić information content (AvgIpc) is 3.23. The van der Waals surface area contributed by atoms with Crippen molar-refractivity contribution in [3.63, 3.8) is 0 Å². The lowest BCUT2D eigenvalue weighted by molar-refractivity contribution is -0.122. The van der Waals surface area contributed by atoms with Gasteiger partial charge < -0.3 is 10.1 Å². The molecule has 0 spiro atoms. The monoisotopic (exact) mass is 426 g/mol. The van der Waals surface area contributed by atoms with Gasteiger partial charge in [0.2, 0.25) is 11.7 Å². The molecular weight excluding hydrogens is 404 g/mol. The maximum atomic E-state index is 12.2. The number of nitrogens with zero attached hydrogens (tertiary/aromatic N) is 5. The summed E-state index contributed by atoms with van der Waals surface area (Å²) in [6.45, 7) is 4.91. The van der Waals surface area contributed by atoms with E-state index in [4.69, 9.17) is 16.3 Å². The van der Waals surface area contributed by atoms with Crippen LogP contribution in [0.5, 0.6) is 0 Å². The van der Waals surface area contributed by atoms with E-state index < -0.39 is 0 Å². The molecule has 0 aliphatic carbocycles. The van der Waals surface area contributed by atoms with Gasteiger partial charge in [-0.25, -0.2) is 0 Å². The standard InChI is InChI=1S/C21H23ClN6O2/c22-19-7-5-18(6-8-19)21-24-26-28(25-21)15-20(29)23-13-16-1-3-17(4-2-16)14-27-9-11-30-12-10-27/h1-8H,9-15H2,(H,23,29). The second-order valence-corrected chi connectivity index (χ2v) is 7.57. The first-order valence-corrected chi connectivity index (χ1v) is 10.2. The smallest absolute Gasteiger partial charge is 0.243 e. The molecule has 2 aromatic carbocycles. The van der Waals surface area contributed by atoms with Crippen molar-refractivity contribution in [1.82, 2.24) is 30.4 Å². The number of hydrogen-bond acceptors (Lipinski definition) is 6. The fraction of sp³-hybridized carbons (Fsp3) is 0.333. The first-order valence-electron chi connectivity index (χ1n) is 9.84. The van der Waals surface area contributed by atoms with E-state index in [0.717, 1.165) is 44.0 Å². The molecule has 9 heteroatoms. The molecule has 0 saturated carbocycles. The lowest BCUT2D eigenvalue weighted by atomic mass is 10.1. The number of rotatable bonds is 7. The zero-order valence-corrected chi connectivity index (χ0v) is 17.3. The van der Waals surface area contributed by atoms with Crippen molar-refractivity contribution in [3.8, 4) is 11.4 Å². The van der Waals surface area contributed by atoms with E-state index in [2.05, 4.69) is 37.8 Å². The number of carbonyl (C=O) groups excluding carboxylic acids is 1. The van der Waals surface area contributed by atoms with Crippen LogP contribution in [0.1, 0.15) is 11.1 Å². The van der Waals surface area contributed by atoms with Crippen molar-refractivity contribution in [1.29, 1.82) is 0 Å². The Kier molecular flexibility index (Phi) is 6.68. The molecule has 0 bridgehead atoms. The van der Waals surface area contributed by atoms with Gasteiger partial charge in [0, 0.05) is 36.8 Å². The van der Waals surface area contributed by atoms with Gasteiger partial charge in [-0.05, 0) is 40.6 Å². The van der Waals surface area contributed by atoms with E-state index in [1.807, 2.05) is 24.3 Å². The van der Waals surface area contributed by atoms with Crippen LogP contribution in [0.15, 0.2) is 48.5 Å². The summed E-state index contributed by atoms with van der Waals surface area (Å²) in [6, 6.07) is 15.4. The summed E-state index contributed by atoms with van der Waals surface area (Å²) in [5.74, 6) is 0.280. The Hall–Kier alpha value is -2.81. The molecule has 1 aromatic heterocycles. The highest BCUT2D eigenvalue weighted by Crippen LogP contribution is 2.17. The predicted octanol–water partition coefficient (Wildman–Crippen LogP) is 2.14. The fourth-order valence-corrected chi connectivity index (χ4v) is 3.32. The van der Waals surface area contributed by atoms with Crippen molar-refractivity contribution < 1.29 is 9.53 Å². The number of benzene rings is 2. The van der Waals surface area contributed by atoms with Gasteiger partial charge >= 0.3 is 0 Å². The number of amides is 1. The fourth-order valence-electron chi connectivity index (χ4n) is 3.19. The van der Waals surface area contributed by atoms with Crippen LogP contribution < -0.4 is 5.32 Å². The van der Waals surface area contributed by atoms with Crippen LogP contribution in [-0.2, 0) is 29.2 Å². The molecule has 8 nitrogen and oxygen atoms in total. The highest BCUT2D eigenvalue weighted by Gasteiger charge is 2.11. The van der Waals surface area contributed by atoms with Crippen molar-refractivity contribution in [2.45, 2.75) is 19.6 Å². The highest BCUT2D eigenvalue weighted by molar-refractivity contribution is 6.30. The number of halogens is 1. The first-order chi connectivity index (χ1) is 14.7. The molecular formula is C21H23ClN6O2. The number of ether oxygens (including phenoxy) is 1. The zero-order chi connectivity index (χ0) is 20.8. The van der Waals surface area contributed by atoms with Crippen LogP contribution in [-0.4, -0.2) is 57.3 Å². The first kappa shape index (κ1) is 20.5. The molecule has 1 saturated heterocycles. The molecule has 4 rings (SSSR count). The van der Waals surface area contributed by atoms with Crippen molar-refractivity contribution >= 4 is 17.5 Å². The van der Waals surface area contributed by atoms with Crippen molar-refractivity contribution in [3.05, 3.63) is 64.7 Å². The molecule has 1 amide bonds. The topological polar surface area (TPSA) is 85.2 Å². The second-order valence-electron chi connectivity index (χ2n) is 7.13. The minimum atomic E-state index is -0.174. The maximum Gasteiger partial charge on any atom is 0.243 e. The molecule has 0 radical (unpaired) electrons. The van der Waals surface area contributed by atoms with Crippen LogP contribution in [0.3, 0.4) is 0 Å². The second kappa shape index (κ2) is 9.80. The molecule has 0 unspecified atom stereocenters. The van der Waals surface area contributed by atoms with E-state index in [-0.39, 0.29) is 12.5 Å². The summed E-state index contributed by atoms with van der Waals surface area (Å²) in [5, 5.41) is 15.7. The van der Waals surface area contributed by atoms with Gasteiger partial charge in [-0.3, -0.25) is 9.69 Å². The summed E-state index contributed by atoms with van der Waals surface area (Å²) >= 11 is 5.89. The third-order valence-electron chi connectivity index (χ3n) is 4.86. The summed E-state index contributed by atoms with van der Waals surface area (Å²) in [7, 11) is 0. The maximum absolute atomic E-state index is 12.2. The van der Waals surface area contributed by atoms with Crippen LogP contribution in [0.2, 0.25) is 5.02 Å². The lowest BCUT2D eigenvalue weighted by Gasteiger charge is -2.26. The third-order valence-corrected chi connectivity index (χ3v) is 5.11. The van der Waals surface area contributed by atoms with Gasteiger partial charge in [0.25, 0.3) is 0 Å². The molecule has 1 aliphatic heterocycles. The summed E-state index contributed by atoms with van der Waals surface area (Å²) in [4.78, 5) is 15.9. The summed E-state index contributed by atoms with van der Waals surface area (Å²) in [5.41, 5.74) is 3.10. The number of hydrogen-bond donors (Lipinski definition) is 1. The van der Waals surface area contributed by atoms with Crippen LogP contribution in [0.25, 0.3) is 11.4 Å².